The molecule has 176 valence electrons. The molecule has 34 heavy (non-hydrogen) atoms. The summed E-state index contributed by atoms with van der Waals surface area (Å²) in [7, 11) is 1.56. The zero-order valence-corrected chi connectivity index (χ0v) is 20.4. The van der Waals surface area contributed by atoms with Crippen molar-refractivity contribution in [3.8, 4) is 11.5 Å². The summed E-state index contributed by atoms with van der Waals surface area (Å²) in [6.07, 6.45) is 4.21. The van der Waals surface area contributed by atoms with Crippen LogP contribution in [0.15, 0.2) is 58.9 Å². The summed E-state index contributed by atoms with van der Waals surface area (Å²) in [5.41, 5.74) is 4.96. The largest absolute Gasteiger partial charge is 0.493 e. The van der Waals surface area contributed by atoms with E-state index in [4.69, 9.17) is 32.7 Å². The van der Waals surface area contributed by atoms with Crippen LogP contribution in [-0.2, 0) is 16.2 Å². The summed E-state index contributed by atoms with van der Waals surface area (Å²) >= 11 is 12.7. The molecule has 1 aliphatic heterocycles. The smallest absolute Gasteiger partial charge is 0.180 e. The zero-order chi connectivity index (χ0) is 23.8. The van der Waals surface area contributed by atoms with Gasteiger partial charge in [-0.05, 0) is 61.1 Å². The van der Waals surface area contributed by atoms with E-state index in [1.165, 1.54) is 0 Å². The number of allylic oxidation sites excluding steroid dienone is 4. The minimum absolute atomic E-state index is 0.0850. The van der Waals surface area contributed by atoms with Crippen LogP contribution in [-0.4, -0.2) is 18.7 Å². The van der Waals surface area contributed by atoms with Crippen molar-refractivity contribution >= 4 is 34.8 Å². The van der Waals surface area contributed by atoms with Crippen molar-refractivity contribution in [1.82, 2.24) is 5.32 Å². The molecule has 5 nitrogen and oxygen atoms in total. The highest BCUT2D eigenvalue weighted by Crippen LogP contribution is 2.48. The number of ketones is 2. The van der Waals surface area contributed by atoms with Gasteiger partial charge in [0, 0.05) is 46.3 Å². The first kappa shape index (κ1) is 23.0. The van der Waals surface area contributed by atoms with Crippen LogP contribution in [0.25, 0.3) is 0 Å². The van der Waals surface area contributed by atoms with Gasteiger partial charge in [-0.3, -0.25) is 9.59 Å². The summed E-state index contributed by atoms with van der Waals surface area (Å²) in [5, 5.41) is 4.46. The van der Waals surface area contributed by atoms with Gasteiger partial charge < -0.3 is 14.8 Å². The standard InChI is InChI=1S/C27H25Cl2NO4/c1-33-23-13-16(12-18(29)27(23)34-14-15-8-10-17(28)11-9-15)24-25-19(4-2-6-21(25)31)30-20-5-3-7-22(32)26(20)24/h8-13,24,30H,2-7,14H2,1H3. The molecule has 3 aliphatic rings. The highest BCUT2D eigenvalue weighted by molar-refractivity contribution is 6.32. The van der Waals surface area contributed by atoms with Gasteiger partial charge in [-0.25, -0.2) is 0 Å². The van der Waals surface area contributed by atoms with Crippen LogP contribution in [0, 0.1) is 0 Å². The van der Waals surface area contributed by atoms with E-state index in [0.29, 0.717) is 52.1 Å². The minimum atomic E-state index is -0.441. The lowest BCUT2D eigenvalue weighted by molar-refractivity contribution is -0.116. The highest BCUT2D eigenvalue weighted by Gasteiger charge is 2.40. The molecule has 0 amide bonds. The molecule has 1 N–H and O–H groups in total. The molecule has 2 aromatic rings. The Morgan fingerprint density at radius 2 is 1.53 bits per heavy atom. The molecule has 0 bridgehead atoms. The van der Waals surface area contributed by atoms with E-state index in [0.717, 1.165) is 48.2 Å². The van der Waals surface area contributed by atoms with Crippen molar-refractivity contribution in [2.45, 2.75) is 51.0 Å². The van der Waals surface area contributed by atoms with E-state index >= 15 is 0 Å². The third kappa shape index (κ3) is 4.23. The molecular weight excluding hydrogens is 473 g/mol. The van der Waals surface area contributed by atoms with E-state index in [9.17, 15) is 9.59 Å². The Morgan fingerprint density at radius 1 is 0.912 bits per heavy atom. The van der Waals surface area contributed by atoms with Crippen LogP contribution in [0.5, 0.6) is 11.5 Å². The van der Waals surface area contributed by atoms with Gasteiger partial charge in [-0.15, -0.1) is 0 Å². The minimum Gasteiger partial charge on any atom is -0.493 e. The first-order valence-corrected chi connectivity index (χ1v) is 12.3. The molecule has 0 spiro atoms. The number of rotatable bonds is 5. The van der Waals surface area contributed by atoms with Gasteiger partial charge >= 0.3 is 0 Å². The maximum atomic E-state index is 13.1. The van der Waals surface area contributed by atoms with Crippen molar-refractivity contribution in [3.05, 3.63) is 80.1 Å². The third-order valence-corrected chi connectivity index (χ3v) is 7.21. The Labute approximate surface area is 208 Å². The number of hydrogen-bond acceptors (Lipinski definition) is 5. The summed E-state index contributed by atoms with van der Waals surface area (Å²) in [5.74, 6) is 0.614. The van der Waals surface area contributed by atoms with Crippen molar-refractivity contribution < 1.29 is 19.1 Å². The van der Waals surface area contributed by atoms with E-state index in [1.807, 2.05) is 18.2 Å². The molecule has 2 aromatic carbocycles. The summed E-state index contributed by atoms with van der Waals surface area (Å²) < 4.78 is 11.7. The van der Waals surface area contributed by atoms with E-state index in [-0.39, 0.29) is 11.6 Å². The predicted molar refractivity (Wildman–Crippen MR) is 131 cm³/mol. The van der Waals surface area contributed by atoms with Crippen molar-refractivity contribution in [1.29, 1.82) is 0 Å². The average molecular weight is 498 g/mol. The number of halogens is 2. The molecule has 0 unspecified atom stereocenters. The number of Topliss-reactive ketones (excluding diaryl/α,β-unsaturated/α-hetero) is 2. The zero-order valence-electron chi connectivity index (χ0n) is 18.9. The van der Waals surface area contributed by atoms with Gasteiger partial charge in [0.25, 0.3) is 0 Å². The van der Waals surface area contributed by atoms with Crippen LogP contribution in [0.1, 0.15) is 55.6 Å². The van der Waals surface area contributed by atoms with E-state index < -0.39 is 5.92 Å². The average Bonchev–Trinajstić information content (AvgIpc) is 2.83. The highest BCUT2D eigenvalue weighted by atomic mass is 35.5. The third-order valence-electron chi connectivity index (χ3n) is 6.67. The molecule has 0 aromatic heterocycles. The summed E-state index contributed by atoms with van der Waals surface area (Å²) in [6.45, 7) is 0.293. The number of benzene rings is 2. The van der Waals surface area contributed by atoms with Gasteiger partial charge in [-0.1, -0.05) is 35.3 Å². The van der Waals surface area contributed by atoms with Crippen molar-refractivity contribution in [3.63, 3.8) is 0 Å². The fourth-order valence-electron chi connectivity index (χ4n) is 5.10. The van der Waals surface area contributed by atoms with Crippen LogP contribution >= 0.6 is 23.2 Å². The van der Waals surface area contributed by atoms with Gasteiger partial charge in [0.1, 0.15) is 6.61 Å². The molecule has 0 fully saturated rings. The lowest BCUT2D eigenvalue weighted by Gasteiger charge is -2.37. The van der Waals surface area contributed by atoms with Gasteiger partial charge in [0.15, 0.2) is 23.1 Å². The molecule has 0 radical (unpaired) electrons. The van der Waals surface area contributed by atoms with E-state index in [1.54, 1.807) is 25.3 Å². The number of carbonyl (C=O) groups is 2. The predicted octanol–water partition coefficient (Wildman–Crippen LogP) is 6.28. The number of carbonyl (C=O) groups excluding carboxylic acids is 2. The fourth-order valence-corrected chi connectivity index (χ4v) is 5.50. The quantitative estimate of drug-likeness (QED) is 0.526. The van der Waals surface area contributed by atoms with Gasteiger partial charge in [0.2, 0.25) is 0 Å². The van der Waals surface area contributed by atoms with Crippen LogP contribution in [0.2, 0.25) is 10.0 Å². The first-order chi connectivity index (χ1) is 16.5. The van der Waals surface area contributed by atoms with Crippen molar-refractivity contribution in [2.75, 3.05) is 7.11 Å². The van der Waals surface area contributed by atoms with Gasteiger partial charge in [0.05, 0.1) is 12.1 Å². The molecular formula is C27H25Cl2NO4. The molecule has 2 aliphatic carbocycles. The second-order valence-electron chi connectivity index (χ2n) is 8.85. The lowest BCUT2D eigenvalue weighted by Crippen LogP contribution is -2.36. The second kappa shape index (κ2) is 9.47. The Bertz CT molecular complexity index is 1190. The van der Waals surface area contributed by atoms with Gasteiger partial charge in [-0.2, -0.15) is 0 Å². The number of ether oxygens (including phenoxy) is 2. The first-order valence-electron chi connectivity index (χ1n) is 11.5. The normalized spacial score (nSPS) is 18.4. The monoisotopic (exact) mass is 497 g/mol. The Hall–Kier alpha value is -2.76. The number of methoxy groups -OCH3 is 1. The van der Waals surface area contributed by atoms with Crippen LogP contribution in [0.3, 0.4) is 0 Å². The Kier molecular flexibility index (Phi) is 6.41. The van der Waals surface area contributed by atoms with Crippen LogP contribution < -0.4 is 14.8 Å². The molecule has 1 heterocycles. The molecule has 7 heteroatoms. The maximum absolute atomic E-state index is 13.1. The summed E-state index contributed by atoms with van der Waals surface area (Å²) in [4.78, 5) is 26.1. The lowest BCUT2D eigenvalue weighted by atomic mass is 9.71. The second-order valence-corrected chi connectivity index (χ2v) is 9.69. The van der Waals surface area contributed by atoms with Crippen LogP contribution in [0.4, 0.5) is 0 Å². The molecule has 0 atom stereocenters. The Balaban J connectivity index is 1.55. The Morgan fingerprint density at radius 3 is 2.12 bits per heavy atom. The number of dihydropyridines is 1. The fraction of sp³-hybridized carbons (Fsp3) is 0.333. The molecule has 0 saturated carbocycles. The van der Waals surface area contributed by atoms with Crippen molar-refractivity contribution in [2.24, 2.45) is 0 Å². The van der Waals surface area contributed by atoms with E-state index in [2.05, 4.69) is 5.32 Å². The summed E-state index contributed by atoms with van der Waals surface area (Å²) in [6, 6.07) is 11.0. The SMILES string of the molecule is COc1cc(C2C3=C(CCCC3=O)NC3=C2C(=O)CCC3)cc(Cl)c1OCc1ccc(Cl)cc1. The topological polar surface area (TPSA) is 64.6 Å². The maximum Gasteiger partial charge on any atom is 0.180 e. The number of nitrogens with one attached hydrogen (secondary N) is 1. The number of hydrogen-bond donors (Lipinski definition) is 1. The molecule has 5 rings (SSSR count). The molecule has 0 saturated heterocycles.